The standard InChI is InChI=1S/C20H26N2O4.C2H2/c1-16(2)26-20(24)15-25-17(3)9-6-4-5-7-11-19(23)22-14-18-10-8-12-21-13-18;1-2/h4,6-13,16H,5,14-15H2,1-3H3,(H,22,23);1-2H/b6-4-,11-7+,17-9+;. The Hall–Kier alpha value is -3.33. The van der Waals surface area contributed by atoms with Crippen molar-refractivity contribution in [3.05, 3.63) is 66.2 Å². The second kappa shape index (κ2) is 15.9. The maximum absolute atomic E-state index is 11.7. The third-order valence-electron chi connectivity index (χ3n) is 2.98. The number of nitrogens with one attached hydrogen (secondary N) is 1. The van der Waals surface area contributed by atoms with Gasteiger partial charge in [-0.05, 0) is 51.0 Å². The maximum atomic E-state index is 11.7. The number of terminal acetylenes is 1. The summed E-state index contributed by atoms with van der Waals surface area (Å²) in [4.78, 5) is 27.0. The van der Waals surface area contributed by atoms with Crippen LogP contribution in [-0.2, 0) is 25.6 Å². The molecule has 0 aliphatic rings. The smallest absolute Gasteiger partial charge is 0.344 e. The van der Waals surface area contributed by atoms with Gasteiger partial charge in [-0.1, -0.05) is 24.3 Å². The van der Waals surface area contributed by atoms with Crippen molar-refractivity contribution in [1.82, 2.24) is 10.3 Å². The van der Waals surface area contributed by atoms with Crippen molar-refractivity contribution < 1.29 is 19.1 Å². The molecule has 0 aromatic carbocycles. The predicted molar refractivity (Wildman–Crippen MR) is 110 cm³/mol. The number of aromatic nitrogens is 1. The van der Waals surface area contributed by atoms with Crippen LogP contribution in [0.2, 0.25) is 0 Å². The summed E-state index contributed by atoms with van der Waals surface area (Å²) >= 11 is 0. The number of hydrogen-bond donors (Lipinski definition) is 1. The van der Waals surface area contributed by atoms with Gasteiger partial charge < -0.3 is 14.8 Å². The number of carbonyl (C=O) groups is 2. The zero-order valence-electron chi connectivity index (χ0n) is 16.6. The van der Waals surface area contributed by atoms with E-state index in [1.54, 1.807) is 51.4 Å². The van der Waals surface area contributed by atoms with Gasteiger partial charge in [-0.25, -0.2) is 4.79 Å². The fraction of sp³-hybridized carbons (Fsp3) is 0.318. The highest BCUT2D eigenvalue weighted by molar-refractivity contribution is 5.87. The van der Waals surface area contributed by atoms with Crippen molar-refractivity contribution in [2.75, 3.05) is 6.61 Å². The molecular weight excluding hydrogens is 356 g/mol. The van der Waals surface area contributed by atoms with Gasteiger partial charge in [-0.3, -0.25) is 9.78 Å². The van der Waals surface area contributed by atoms with Crippen LogP contribution >= 0.6 is 0 Å². The Kier molecular flexibility index (Phi) is 14.0. The lowest BCUT2D eigenvalue weighted by Crippen LogP contribution is -2.20. The molecule has 6 nitrogen and oxygen atoms in total. The van der Waals surface area contributed by atoms with Crippen LogP contribution in [0.15, 0.2) is 60.7 Å². The van der Waals surface area contributed by atoms with Crippen LogP contribution in [-0.4, -0.2) is 29.6 Å². The Morgan fingerprint density at radius 3 is 2.68 bits per heavy atom. The van der Waals surface area contributed by atoms with Crippen LogP contribution in [0.25, 0.3) is 0 Å². The summed E-state index contributed by atoms with van der Waals surface area (Å²) in [5.41, 5.74) is 0.951. The van der Waals surface area contributed by atoms with Gasteiger partial charge in [0.15, 0.2) is 6.61 Å². The molecule has 1 aromatic heterocycles. The second-order valence-electron chi connectivity index (χ2n) is 5.75. The normalized spacial score (nSPS) is 11.1. The molecule has 150 valence electrons. The minimum Gasteiger partial charge on any atom is -0.487 e. The number of esters is 1. The number of rotatable bonds is 10. The first-order valence-corrected chi connectivity index (χ1v) is 8.79. The molecule has 0 fully saturated rings. The molecule has 1 amide bonds. The quantitative estimate of drug-likeness (QED) is 0.220. The SMILES string of the molecule is C#C.C/C(=C\C=C/C/C=C/C(=O)NCc1cccnc1)OCC(=O)OC(C)C. The van der Waals surface area contributed by atoms with Crippen molar-refractivity contribution in [2.45, 2.75) is 39.8 Å². The summed E-state index contributed by atoms with van der Waals surface area (Å²) in [6.07, 6.45) is 20.6. The van der Waals surface area contributed by atoms with E-state index < -0.39 is 5.97 Å². The summed E-state index contributed by atoms with van der Waals surface area (Å²) in [6.45, 7) is 5.68. The second-order valence-corrected chi connectivity index (χ2v) is 5.75. The zero-order valence-corrected chi connectivity index (χ0v) is 16.6. The van der Waals surface area contributed by atoms with Gasteiger partial charge in [0.05, 0.1) is 11.9 Å². The third kappa shape index (κ3) is 13.9. The van der Waals surface area contributed by atoms with Gasteiger partial charge in [-0.2, -0.15) is 0 Å². The Bertz CT molecular complexity index is 689. The van der Waals surface area contributed by atoms with Crippen LogP contribution < -0.4 is 5.32 Å². The highest BCUT2D eigenvalue weighted by atomic mass is 16.6. The van der Waals surface area contributed by atoms with E-state index in [4.69, 9.17) is 9.47 Å². The van der Waals surface area contributed by atoms with Crippen molar-refractivity contribution in [3.63, 3.8) is 0 Å². The molecule has 0 atom stereocenters. The van der Waals surface area contributed by atoms with E-state index >= 15 is 0 Å². The first-order valence-electron chi connectivity index (χ1n) is 8.79. The monoisotopic (exact) mass is 384 g/mol. The van der Waals surface area contributed by atoms with Crippen molar-refractivity contribution in [2.24, 2.45) is 0 Å². The fourth-order valence-corrected chi connectivity index (χ4v) is 1.80. The van der Waals surface area contributed by atoms with Gasteiger partial charge in [0.2, 0.25) is 5.91 Å². The lowest BCUT2D eigenvalue weighted by atomic mass is 10.3. The number of nitrogens with zero attached hydrogens (tertiary/aromatic N) is 1. The number of carbonyl (C=O) groups excluding carboxylic acids is 2. The molecule has 28 heavy (non-hydrogen) atoms. The van der Waals surface area contributed by atoms with Crippen LogP contribution in [0.4, 0.5) is 0 Å². The summed E-state index contributed by atoms with van der Waals surface area (Å²) < 4.78 is 10.2. The average Bonchev–Trinajstić information content (AvgIpc) is 2.69. The van der Waals surface area contributed by atoms with Gasteiger partial charge in [0.25, 0.3) is 0 Å². The maximum Gasteiger partial charge on any atom is 0.344 e. The molecule has 0 spiro atoms. The summed E-state index contributed by atoms with van der Waals surface area (Å²) in [5, 5.41) is 2.78. The Morgan fingerprint density at radius 1 is 1.29 bits per heavy atom. The average molecular weight is 384 g/mol. The molecule has 1 N–H and O–H groups in total. The molecule has 0 aliphatic carbocycles. The first kappa shape index (κ1) is 24.7. The van der Waals surface area contributed by atoms with E-state index in [0.717, 1.165) is 5.56 Å². The molecule has 0 aliphatic heterocycles. The number of ether oxygens (including phenoxy) is 2. The van der Waals surface area contributed by atoms with E-state index in [2.05, 4.69) is 23.1 Å². The number of allylic oxidation sites excluding steroid dienone is 5. The highest BCUT2D eigenvalue weighted by Gasteiger charge is 2.05. The molecule has 0 bridgehead atoms. The van der Waals surface area contributed by atoms with Crippen LogP contribution in [0, 0.1) is 12.8 Å². The molecule has 0 unspecified atom stereocenters. The van der Waals surface area contributed by atoms with E-state index in [9.17, 15) is 9.59 Å². The van der Waals surface area contributed by atoms with Crippen molar-refractivity contribution >= 4 is 11.9 Å². The summed E-state index contributed by atoms with van der Waals surface area (Å²) in [5.74, 6) is 0.0677. The molecule has 1 heterocycles. The fourth-order valence-electron chi connectivity index (χ4n) is 1.80. The topological polar surface area (TPSA) is 77.5 Å². The van der Waals surface area contributed by atoms with Gasteiger partial charge in [-0.15, -0.1) is 12.8 Å². The Labute approximate surface area is 167 Å². The molecule has 6 heteroatoms. The van der Waals surface area contributed by atoms with Crippen LogP contribution in [0.1, 0.15) is 32.8 Å². The molecular formula is C22H28N2O4. The summed E-state index contributed by atoms with van der Waals surface area (Å²) in [6, 6.07) is 3.73. The number of pyridine rings is 1. The van der Waals surface area contributed by atoms with E-state index in [-0.39, 0.29) is 18.6 Å². The molecule has 0 radical (unpaired) electrons. The van der Waals surface area contributed by atoms with Crippen LogP contribution in [0.5, 0.6) is 0 Å². The number of amides is 1. The minimum absolute atomic E-state index is 0.106. The van der Waals surface area contributed by atoms with E-state index in [1.807, 2.05) is 18.2 Å². The summed E-state index contributed by atoms with van der Waals surface area (Å²) in [7, 11) is 0. The van der Waals surface area contributed by atoms with Gasteiger partial charge in [0, 0.05) is 18.9 Å². The highest BCUT2D eigenvalue weighted by Crippen LogP contribution is 1.99. The van der Waals surface area contributed by atoms with Crippen molar-refractivity contribution in [1.29, 1.82) is 0 Å². The molecule has 1 aromatic rings. The van der Waals surface area contributed by atoms with Crippen molar-refractivity contribution in [3.8, 4) is 12.8 Å². The predicted octanol–water partition coefficient (Wildman–Crippen LogP) is 3.32. The Morgan fingerprint density at radius 2 is 2.04 bits per heavy atom. The molecule has 0 saturated carbocycles. The first-order chi connectivity index (χ1) is 13.5. The molecule has 0 saturated heterocycles. The van der Waals surface area contributed by atoms with E-state index in [1.165, 1.54) is 6.08 Å². The molecule has 1 rings (SSSR count). The zero-order chi connectivity index (χ0) is 21.2. The van der Waals surface area contributed by atoms with Crippen LogP contribution in [0.3, 0.4) is 0 Å². The van der Waals surface area contributed by atoms with E-state index in [0.29, 0.717) is 18.7 Å². The minimum atomic E-state index is -0.392. The third-order valence-corrected chi connectivity index (χ3v) is 2.98. The Balaban J connectivity index is 0.00000352. The largest absolute Gasteiger partial charge is 0.487 e. The number of hydrogen-bond acceptors (Lipinski definition) is 5. The van der Waals surface area contributed by atoms with Gasteiger partial charge >= 0.3 is 5.97 Å². The van der Waals surface area contributed by atoms with Gasteiger partial charge in [0.1, 0.15) is 0 Å². The lowest BCUT2D eigenvalue weighted by Gasteiger charge is -2.08. The lowest BCUT2D eigenvalue weighted by molar-refractivity contribution is -0.151.